The Kier molecular flexibility index (Phi) is 6.39. The van der Waals surface area contributed by atoms with Gasteiger partial charge in [0.25, 0.3) is 10.0 Å². The topological polar surface area (TPSA) is 72.9 Å². The molecule has 2 aromatic carbocycles. The van der Waals surface area contributed by atoms with Crippen LogP contribution in [0.2, 0.25) is 10.0 Å². The average Bonchev–Trinajstić information content (AvgIpc) is 2.63. The number of hydrogen-bond donors (Lipinski definition) is 0. The highest BCUT2D eigenvalue weighted by Gasteiger charge is 2.27. The van der Waals surface area contributed by atoms with Gasteiger partial charge in [-0.05, 0) is 37.3 Å². The predicted octanol–water partition coefficient (Wildman–Crippen LogP) is 4.00. The third-order valence-corrected chi connectivity index (χ3v) is 6.40. The van der Waals surface area contributed by atoms with E-state index in [1.807, 2.05) is 0 Å². The van der Waals surface area contributed by atoms with Gasteiger partial charge in [-0.15, -0.1) is 0 Å². The van der Waals surface area contributed by atoms with E-state index in [1.165, 1.54) is 32.4 Å². The zero-order valence-corrected chi connectivity index (χ0v) is 16.7. The maximum Gasteiger partial charge on any atom is 0.338 e. The molecule has 0 aliphatic carbocycles. The van der Waals surface area contributed by atoms with Crippen molar-refractivity contribution < 1.29 is 22.7 Å². The van der Waals surface area contributed by atoms with Gasteiger partial charge < -0.3 is 9.47 Å². The molecule has 2 rings (SSSR count). The minimum absolute atomic E-state index is 0.00363. The highest BCUT2D eigenvalue weighted by atomic mass is 35.5. The van der Waals surface area contributed by atoms with Gasteiger partial charge in [0, 0.05) is 7.05 Å². The van der Waals surface area contributed by atoms with E-state index in [4.69, 9.17) is 32.7 Å². The number of carbonyl (C=O) groups is 1. The number of sulfonamides is 1. The molecule has 0 bridgehead atoms. The molecule has 9 heteroatoms. The molecular formula is C17H17Cl2NO5S. The highest BCUT2D eigenvalue weighted by molar-refractivity contribution is 7.93. The summed E-state index contributed by atoms with van der Waals surface area (Å²) in [5.74, 6) is -0.270. The lowest BCUT2D eigenvalue weighted by Crippen LogP contribution is -2.27. The van der Waals surface area contributed by atoms with E-state index in [2.05, 4.69) is 0 Å². The molecule has 0 spiro atoms. The average molecular weight is 418 g/mol. The SMILES string of the molecule is CCOC(=O)c1cccc(N(C)S(=O)(=O)c2ccc(OC)c(Cl)c2Cl)c1. The van der Waals surface area contributed by atoms with Crippen LogP contribution in [0.25, 0.3) is 0 Å². The Hall–Kier alpha value is -1.96. The molecule has 0 N–H and O–H groups in total. The molecular weight excluding hydrogens is 401 g/mol. The largest absolute Gasteiger partial charge is 0.495 e. The summed E-state index contributed by atoms with van der Waals surface area (Å²) in [6.45, 7) is 1.91. The van der Waals surface area contributed by atoms with E-state index in [0.29, 0.717) is 0 Å². The first kappa shape index (κ1) is 20.4. The lowest BCUT2D eigenvalue weighted by atomic mass is 10.2. The van der Waals surface area contributed by atoms with Crippen LogP contribution in [0.1, 0.15) is 17.3 Å². The van der Waals surface area contributed by atoms with Crippen molar-refractivity contribution in [3.8, 4) is 5.75 Å². The number of nitrogens with zero attached hydrogens (tertiary/aromatic N) is 1. The number of carbonyl (C=O) groups excluding carboxylic acids is 1. The summed E-state index contributed by atoms with van der Waals surface area (Å²) in [6.07, 6.45) is 0. The minimum Gasteiger partial charge on any atom is -0.495 e. The molecule has 0 saturated heterocycles. The molecule has 0 saturated carbocycles. The molecule has 0 amide bonds. The van der Waals surface area contributed by atoms with Crippen molar-refractivity contribution in [1.82, 2.24) is 0 Å². The Morgan fingerprint density at radius 2 is 1.85 bits per heavy atom. The molecule has 2 aromatic rings. The standard InChI is InChI=1S/C17H17Cl2NO5S/c1-4-25-17(21)11-6-5-7-12(10-11)20(2)26(22,23)14-9-8-13(24-3)15(18)16(14)19/h5-10H,4H2,1-3H3. The normalized spacial score (nSPS) is 11.1. The maximum absolute atomic E-state index is 12.9. The summed E-state index contributed by atoms with van der Waals surface area (Å²) in [7, 11) is -1.26. The Morgan fingerprint density at radius 3 is 2.46 bits per heavy atom. The van der Waals surface area contributed by atoms with E-state index in [0.717, 1.165) is 4.31 Å². The molecule has 0 aromatic heterocycles. The Bertz CT molecular complexity index is 931. The van der Waals surface area contributed by atoms with Crippen molar-refractivity contribution in [3.05, 3.63) is 52.0 Å². The van der Waals surface area contributed by atoms with Crippen molar-refractivity contribution in [2.45, 2.75) is 11.8 Å². The molecule has 140 valence electrons. The van der Waals surface area contributed by atoms with Crippen LogP contribution >= 0.6 is 23.2 Å². The molecule has 0 unspecified atom stereocenters. The fourth-order valence-electron chi connectivity index (χ4n) is 2.20. The second-order valence-corrected chi connectivity index (χ2v) is 7.83. The summed E-state index contributed by atoms with van der Waals surface area (Å²) >= 11 is 12.2. The number of esters is 1. The number of halogens is 2. The van der Waals surface area contributed by atoms with Gasteiger partial charge in [-0.2, -0.15) is 0 Å². The lowest BCUT2D eigenvalue weighted by Gasteiger charge is -2.21. The number of methoxy groups -OCH3 is 1. The van der Waals surface area contributed by atoms with Crippen molar-refractivity contribution in [2.75, 3.05) is 25.1 Å². The molecule has 0 heterocycles. The number of anilines is 1. The van der Waals surface area contributed by atoms with Crippen LogP contribution in [-0.2, 0) is 14.8 Å². The van der Waals surface area contributed by atoms with Crippen LogP contribution in [0, 0.1) is 0 Å². The molecule has 0 radical (unpaired) electrons. The van der Waals surface area contributed by atoms with Gasteiger partial charge in [0.2, 0.25) is 0 Å². The summed E-state index contributed by atoms with van der Waals surface area (Å²) < 4.78 is 36.9. The van der Waals surface area contributed by atoms with Gasteiger partial charge in [0.15, 0.2) is 0 Å². The first-order chi connectivity index (χ1) is 12.2. The first-order valence-electron chi connectivity index (χ1n) is 7.52. The summed E-state index contributed by atoms with van der Waals surface area (Å²) in [5.41, 5.74) is 0.517. The zero-order chi connectivity index (χ0) is 19.5. The fourth-order valence-corrected chi connectivity index (χ4v) is 4.20. The third kappa shape index (κ3) is 3.90. The van der Waals surface area contributed by atoms with E-state index in [9.17, 15) is 13.2 Å². The molecule has 0 aliphatic heterocycles. The van der Waals surface area contributed by atoms with E-state index >= 15 is 0 Å². The summed E-state index contributed by atoms with van der Waals surface area (Å²) in [5, 5.41) is -0.136. The zero-order valence-electron chi connectivity index (χ0n) is 14.3. The number of ether oxygens (including phenoxy) is 2. The Morgan fingerprint density at radius 1 is 1.15 bits per heavy atom. The number of rotatable bonds is 6. The quantitative estimate of drug-likeness (QED) is 0.663. The van der Waals surface area contributed by atoms with Gasteiger partial charge in [-0.1, -0.05) is 29.3 Å². The van der Waals surface area contributed by atoms with E-state index in [1.54, 1.807) is 25.1 Å². The van der Waals surface area contributed by atoms with Crippen LogP contribution < -0.4 is 9.04 Å². The second-order valence-electron chi connectivity index (χ2n) is 5.14. The van der Waals surface area contributed by atoms with Gasteiger partial charge in [-0.25, -0.2) is 13.2 Å². The van der Waals surface area contributed by atoms with Crippen LogP contribution in [0.5, 0.6) is 5.75 Å². The lowest BCUT2D eigenvalue weighted by molar-refractivity contribution is 0.0526. The van der Waals surface area contributed by atoms with E-state index in [-0.39, 0.29) is 38.5 Å². The third-order valence-electron chi connectivity index (χ3n) is 3.59. The number of benzene rings is 2. The molecule has 26 heavy (non-hydrogen) atoms. The molecule has 0 aliphatic rings. The van der Waals surface area contributed by atoms with Gasteiger partial charge in [-0.3, -0.25) is 4.31 Å². The van der Waals surface area contributed by atoms with Crippen molar-refractivity contribution in [1.29, 1.82) is 0 Å². The fraction of sp³-hybridized carbons (Fsp3) is 0.235. The smallest absolute Gasteiger partial charge is 0.338 e. The van der Waals surface area contributed by atoms with Gasteiger partial charge in [0.1, 0.15) is 15.7 Å². The summed E-state index contributed by atoms with van der Waals surface area (Å²) in [4.78, 5) is 11.7. The van der Waals surface area contributed by atoms with Crippen molar-refractivity contribution in [2.24, 2.45) is 0 Å². The van der Waals surface area contributed by atoms with Crippen molar-refractivity contribution >= 4 is 44.9 Å². The monoisotopic (exact) mass is 417 g/mol. The molecule has 0 fully saturated rings. The highest BCUT2D eigenvalue weighted by Crippen LogP contribution is 2.38. The minimum atomic E-state index is -4.02. The van der Waals surface area contributed by atoms with Gasteiger partial charge >= 0.3 is 5.97 Å². The van der Waals surface area contributed by atoms with Crippen molar-refractivity contribution in [3.63, 3.8) is 0 Å². The van der Waals surface area contributed by atoms with Crippen LogP contribution in [0.4, 0.5) is 5.69 Å². The Labute approximate surface area is 162 Å². The first-order valence-corrected chi connectivity index (χ1v) is 9.71. The Balaban J connectivity index is 2.46. The van der Waals surface area contributed by atoms with Crippen LogP contribution in [0.15, 0.2) is 41.3 Å². The molecule has 6 nitrogen and oxygen atoms in total. The second kappa shape index (κ2) is 8.16. The van der Waals surface area contributed by atoms with Gasteiger partial charge in [0.05, 0.1) is 30.0 Å². The summed E-state index contributed by atoms with van der Waals surface area (Å²) in [6, 6.07) is 8.82. The number of hydrogen-bond acceptors (Lipinski definition) is 5. The maximum atomic E-state index is 12.9. The predicted molar refractivity (Wildman–Crippen MR) is 101 cm³/mol. The van der Waals surface area contributed by atoms with Crippen LogP contribution in [0.3, 0.4) is 0 Å². The molecule has 0 atom stereocenters. The van der Waals surface area contributed by atoms with Crippen LogP contribution in [-0.4, -0.2) is 35.2 Å². The van der Waals surface area contributed by atoms with E-state index < -0.39 is 16.0 Å².